The first kappa shape index (κ1) is 18.0. The maximum absolute atomic E-state index is 12.0. The first-order valence-corrected chi connectivity index (χ1v) is 8.17. The third-order valence-corrected chi connectivity index (χ3v) is 3.83. The largest absolute Gasteiger partial charge is 0.347 e. The van der Waals surface area contributed by atoms with Crippen LogP contribution in [0.15, 0.2) is 60.8 Å². The maximum Gasteiger partial charge on any atom is 0.269 e. The maximum atomic E-state index is 12.0. The standard InChI is InChI=1S/C19H17N5O3/c1-23-18(17-4-2-3-11-20-17)12-15(22-23)13-21-19(25)10-7-14-5-8-16(9-6-14)24(26)27/h2-12H,13H2,1H3,(H,21,25)/b10-7+. The Morgan fingerprint density at radius 3 is 2.70 bits per heavy atom. The number of aromatic nitrogens is 3. The molecule has 1 aromatic carbocycles. The zero-order valence-electron chi connectivity index (χ0n) is 14.6. The van der Waals surface area contributed by atoms with Crippen LogP contribution >= 0.6 is 0 Å². The Hall–Kier alpha value is -3.81. The Balaban J connectivity index is 1.58. The number of benzene rings is 1. The van der Waals surface area contributed by atoms with Crippen molar-refractivity contribution in [3.05, 3.63) is 82.2 Å². The Bertz CT molecular complexity index is 978. The number of nitrogens with one attached hydrogen (secondary N) is 1. The molecule has 27 heavy (non-hydrogen) atoms. The monoisotopic (exact) mass is 363 g/mol. The predicted molar refractivity (Wildman–Crippen MR) is 100 cm³/mol. The predicted octanol–water partition coefficient (Wildman–Crippen LogP) is 2.72. The van der Waals surface area contributed by atoms with Gasteiger partial charge in [-0.2, -0.15) is 5.10 Å². The number of hydrogen-bond donors (Lipinski definition) is 1. The van der Waals surface area contributed by atoms with E-state index >= 15 is 0 Å². The van der Waals surface area contributed by atoms with Crippen molar-refractivity contribution < 1.29 is 9.72 Å². The van der Waals surface area contributed by atoms with Crippen molar-refractivity contribution in [3.8, 4) is 11.4 Å². The molecule has 2 aromatic heterocycles. The summed E-state index contributed by atoms with van der Waals surface area (Å²) in [4.78, 5) is 26.4. The first-order valence-electron chi connectivity index (χ1n) is 8.17. The van der Waals surface area contributed by atoms with Crippen molar-refractivity contribution in [1.29, 1.82) is 0 Å². The highest BCUT2D eigenvalue weighted by molar-refractivity contribution is 5.91. The lowest BCUT2D eigenvalue weighted by Gasteiger charge is -1.98. The van der Waals surface area contributed by atoms with Crippen LogP contribution in [0.3, 0.4) is 0 Å². The molecule has 0 spiro atoms. The lowest BCUT2D eigenvalue weighted by atomic mass is 10.2. The summed E-state index contributed by atoms with van der Waals surface area (Å²) in [5.41, 5.74) is 3.10. The van der Waals surface area contributed by atoms with Crippen LogP contribution < -0.4 is 5.32 Å². The molecule has 2 heterocycles. The number of pyridine rings is 1. The molecular formula is C19H17N5O3. The number of nitro groups is 1. The van der Waals surface area contributed by atoms with E-state index in [0.717, 1.165) is 17.1 Å². The van der Waals surface area contributed by atoms with Crippen LogP contribution in [0.5, 0.6) is 0 Å². The summed E-state index contributed by atoms with van der Waals surface area (Å²) >= 11 is 0. The number of amides is 1. The average Bonchev–Trinajstić information content (AvgIpc) is 3.06. The molecular weight excluding hydrogens is 346 g/mol. The molecule has 0 aliphatic carbocycles. The molecule has 1 amide bonds. The highest BCUT2D eigenvalue weighted by Crippen LogP contribution is 2.17. The number of carbonyl (C=O) groups is 1. The lowest BCUT2D eigenvalue weighted by molar-refractivity contribution is -0.384. The molecule has 3 rings (SSSR count). The van der Waals surface area contributed by atoms with Gasteiger partial charge in [0, 0.05) is 31.5 Å². The van der Waals surface area contributed by atoms with E-state index < -0.39 is 4.92 Å². The molecule has 136 valence electrons. The van der Waals surface area contributed by atoms with Gasteiger partial charge in [0.25, 0.3) is 5.69 Å². The Morgan fingerprint density at radius 2 is 2.04 bits per heavy atom. The fourth-order valence-electron chi connectivity index (χ4n) is 2.48. The van der Waals surface area contributed by atoms with Crippen molar-refractivity contribution in [2.75, 3.05) is 0 Å². The molecule has 0 saturated heterocycles. The summed E-state index contributed by atoms with van der Waals surface area (Å²) in [5.74, 6) is -0.279. The van der Waals surface area contributed by atoms with Crippen LogP contribution in [0.1, 0.15) is 11.3 Å². The minimum Gasteiger partial charge on any atom is -0.347 e. The molecule has 0 aliphatic rings. The zero-order valence-corrected chi connectivity index (χ0v) is 14.6. The Morgan fingerprint density at radius 1 is 1.26 bits per heavy atom. The summed E-state index contributed by atoms with van der Waals surface area (Å²) in [7, 11) is 1.82. The van der Waals surface area contributed by atoms with E-state index in [1.54, 1.807) is 29.1 Å². The molecule has 0 saturated carbocycles. The topological polar surface area (TPSA) is 103 Å². The van der Waals surface area contributed by atoms with Crippen molar-refractivity contribution in [1.82, 2.24) is 20.1 Å². The van der Waals surface area contributed by atoms with Gasteiger partial charge in [0.1, 0.15) is 0 Å². The molecule has 3 aromatic rings. The van der Waals surface area contributed by atoms with Gasteiger partial charge < -0.3 is 5.32 Å². The van der Waals surface area contributed by atoms with E-state index in [0.29, 0.717) is 5.56 Å². The van der Waals surface area contributed by atoms with Crippen molar-refractivity contribution in [2.45, 2.75) is 6.54 Å². The highest BCUT2D eigenvalue weighted by Gasteiger charge is 2.09. The van der Waals surface area contributed by atoms with Gasteiger partial charge in [-0.15, -0.1) is 0 Å². The number of nitro benzene ring substituents is 1. The molecule has 0 atom stereocenters. The van der Waals surface area contributed by atoms with E-state index in [1.807, 2.05) is 31.3 Å². The summed E-state index contributed by atoms with van der Waals surface area (Å²) in [5, 5.41) is 17.8. The fraction of sp³-hybridized carbons (Fsp3) is 0.105. The van der Waals surface area contributed by atoms with E-state index in [-0.39, 0.29) is 18.1 Å². The normalized spacial score (nSPS) is 10.9. The van der Waals surface area contributed by atoms with E-state index in [9.17, 15) is 14.9 Å². The third-order valence-electron chi connectivity index (χ3n) is 3.83. The fourth-order valence-corrected chi connectivity index (χ4v) is 2.48. The number of rotatable bonds is 6. The van der Waals surface area contributed by atoms with Gasteiger partial charge in [-0.05, 0) is 42.0 Å². The molecule has 0 bridgehead atoms. The minimum absolute atomic E-state index is 0.00969. The smallest absolute Gasteiger partial charge is 0.269 e. The van der Waals surface area contributed by atoms with Crippen LogP contribution in [0.4, 0.5) is 5.69 Å². The van der Waals surface area contributed by atoms with E-state index in [2.05, 4.69) is 15.4 Å². The van der Waals surface area contributed by atoms with Crippen molar-refractivity contribution >= 4 is 17.7 Å². The zero-order chi connectivity index (χ0) is 19.2. The van der Waals surface area contributed by atoms with Gasteiger partial charge >= 0.3 is 0 Å². The second-order valence-corrected chi connectivity index (χ2v) is 5.76. The van der Waals surface area contributed by atoms with E-state index in [1.165, 1.54) is 18.2 Å². The van der Waals surface area contributed by atoms with Crippen LogP contribution in [0.25, 0.3) is 17.5 Å². The number of aryl methyl sites for hydroxylation is 1. The summed E-state index contributed by atoms with van der Waals surface area (Å²) < 4.78 is 1.72. The summed E-state index contributed by atoms with van der Waals surface area (Å²) in [6.07, 6.45) is 4.69. The van der Waals surface area contributed by atoms with Gasteiger partial charge in [-0.1, -0.05) is 6.07 Å². The number of hydrogen-bond acceptors (Lipinski definition) is 5. The third kappa shape index (κ3) is 4.63. The quantitative estimate of drug-likeness (QED) is 0.412. The average molecular weight is 363 g/mol. The van der Waals surface area contributed by atoms with Crippen molar-refractivity contribution in [2.24, 2.45) is 7.05 Å². The van der Waals surface area contributed by atoms with Gasteiger partial charge in [0.15, 0.2) is 0 Å². The molecule has 0 radical (unpaired) electrons. The number of nitrogens with zero attached hydrogens (tertiary/aromatic N) is 4. The number of non-ortho nitro benzene ring substituents is 1. The Labute approximate surface area is 155 Å². The molecule has 0 fully saturated rings. The van der Waals surface area contributed by atoms with Gasteiger partial charge in [0.2, 0.25) is 5.91 Å². The van der Waals surface area contributed by atoms with Gasteiger partial charge in [-0.25, -0.2) is 0 Å². The molecule has 8 heteroatoms. The van der Waals surface area contributed by atoms with Gasteiger partial charge in [-0.3, -0.25) is 24.6 Å². The summed E-state index contributed by atoms with van der Waals surface area (Å²) in [6.45, 7) is 0.282. The molecule has 0 unspecified atom stereocenters. The first-order chi connectivity index (χ1) is 13.0. The summed E-state index contributed by atoms with van der Waals surface area (Å²) in [6, 6.07) is 13.5. The van der Waals surface area contributed by atoms with Gasteiger partial charge in [0.05, 0.1) is 28.5 Å². The van der Waals surface area contributed by atoms with Crippen LogP contribution in [0.2, 0.25) is 0 Å². The second-order valence-electron chi connectivity index (χ2n) is 5.76. The Kier molecular flexibility index (Phi) is 5.36. The highest BCUT2D eigenvalue weighted by atomic mass is 16.6. The molecule has 1 N–H and O–H groups in total. The van der Waals surface area contributed by atoms with Crippen molar-refractivity contribution in [3.63, 3.8) is 0 Å². The molecule has 0 aliphatic heterocycles. The SMILES string of the molecule is Cn1nc(CNC(=O)/C=C/c2ccc([N+](=O)[O-])cc2)cc1-c1ccccn1. The lowest BCUT2D eigenvalue weighted by Crippen LogP contribution is -2.20. The molecule has 8 nitrogen and oxygen atoms in total. The van der Waals surface area contributed by atoms with Crippen LogP contribution in [-0.4, -0.2) is 25.6 Å². The minimum atomic E-state index is -0.466. The van der Waals surface area contributed by atoms with E-state index in [4.69, 9.17) is 0 Å². The van der Waals surface area contributed by atoms with Crippen LogP contribution in [0, 0.1) is 10.1 Å². The van der Waals surface area contributed by atoms with Crippen LogP contribution in [-0.2, 0) is 18.4 Å². The second kappa shape index (κ2) is 8.05. The number of carbonyl (C=O) groups excluding carboxylic acids is 1.